The molecule has 0 radical (unpaired) electrons. The Labute approximate surface area is 129 Å². The number of halogens is 1. The Morgan fingerprint density at radius 1 is 1.10 bits per heavy atom. The third-order valence-electron chi connectivity index (χ3n) is 3.39. The first-order chi connectivity index (χ1) is 10.2. The van der Waals surface area contributed by atoms with Gasteiger partial charge < -0.3 is 9.47 Å². The Morgan fingerprint density at radius 3 is 2.38 bits per heavy atom. The average molecular weight is 307 g/mol. The minimum atomic E-state index is -0.286. The molecule has 0 aliphatic heterocycles. The highest BCUT2D eigenvalue weighted by atomic mass is 35.5. The van der Waals surface area contributed by atoms with Crippen LogP contribution in [-0.2, 0) is 4.74 Å². The van der Waals surface area contributed by atoms with Crippen LogP contribution in [0.25, 0.3) is 0 Å². The Kier molecular flexibility index (Phi) is 5.59. The van der Waals surface area contributed by atoms with Crippen LogP contribution in [0.2, 0.25) is 5.02 Å². The standard InChI is InChI=1S/C16H19ClN2O2/c1-20-14-9-8-12(17)10-13(14)15(19-18)16(21-2)11-6-4-3-5-7-11/h3-10,15-16,19H,18H2,1-2H3. The van der Waals surface area contributed by atoms with Crippen LogP contribution in [0.15, 0.2) is 48.5 Å². The maximum atomic E-state index is 6.10. The Balaban J connectivity index is 2.45. The maximum Gasteiger partial charge on any atom is 0.123 e. The van der Waals surface area contributed by atoms with Crippen molar-refractivity contribution in [1.29, 1.82) is 0 Å². The third kappa shape index (κ3) is 3.54. The molecule has 0 fully saturated rings. The van der Waals surface area contributed by atoms with Gasteiger partial charge in [0.15, 0.2) is 0 Å². The van der Waals surface area contributed by atoms with Crippen molar-refractivity contribution in [3.63, 3.8) is 0 Å². The minimum Gasteiger partial charge on any atom is -0.496 e. The molecule has 2 atom stereocenters. The van der Waals surface area contributed by atoms with Gasteiger partial charge >= 0.3 is 0 Å². The van der Waals surface area contributed by atoms with E-state index in [1.807, 2.05) is 42.5 Å². The molecular weight excluding hydrogens is 288 g/mol. The molecular formula is C16H19ClN2O2. The molecule has 0 spiro atoms. The highest BCUT2D eigenvalue weighted by Crippen LogP contribution is 2.37. The summed E-state index contributed by atoms with van der Waals surface area (Å²) in [7, 11) is 3.27. The number of ether oxygens (including phenoxy) is 2. The SMILES string of the molecule is COc1ccc(Cl)cc1C(NN)C(OC)c1ccccc1. The first kappa shape index (κ1) is 15.8. The van der Waals surface area contributed by atoms with Crippen LogP contribution in [0.5, 0.6) is 5.75 Å². The highest BCUT2D eigenvalue weighted by Gasteiger charge is 2.26. The molecule has 112 valence electrons. The van der Waals surface area contributed by atoms with Gasteiger partial charge in [0.1, 0.15) is 11.9 Å². The molecule has 0 saturated heterocycles. The Bertz CT molecular complexity index is 578. The van der Waals surface area contributed by atoms with E-state index >= 15 is 0 Å². The van der Waals surface area contributed by atoms with E-state index in [1.165, 1.54) is 0 Å². The van der Waals surface area contributed by atoms with Crippen LogP contribution in [0, 0.1) is 0 Å². The summed E-state index contributed by atoms with van der Waals surface area (Å²) in [4.78, 5) is 0. The summed E-state index contributed by atoms with van der Waals surface area (Å²) in [6.07, 6.45) is -0.261. The molecule has 0 aliphatic carbocycles. The zero-order valence-electron chi connectivity index (χ0n) is 12.0. The predicted molar refractivity (Wildman–Crippen MR) is 84.3 cm³/mol. The Morgan fingerprint density at radius 2 is 1.81 bits per heavy atom. The van der Waals surface area contributed by atoms with Gasteiger partial charge in [0.05, 0.1) is 13.2 Å². The van der Waals surface area contributed by atoms with Crippen molar-refractivity contribution in [3.8, 4) is 5.75 Å². The van der Waals surface area contributed by atoms with Crippen LogP contribution < -0.4 is 16.0 Å². The second-order valence-electron chi connectivity index (χ2n) is 4.60. The van der Waals surface area contributed by atoms with Gasteiger partial charge in [0.25, 0.3) is 0 Å². The lowest BCUT2D eigenvalue weighted by Crippen LogP contribution is -2.33. The molecule has 0 aliphatic rings. The zero-order valence-corrected chi connectivity index (χ0v) is 12.8. The van der Waals surface area contributed by atoms with E-state index in [2.05, 4.69) is 5.43 Å². The number of rotatable bonds is 6. The van der Waals surface area contributed by atoms with Crippen LogP contribution in [0.1, 0.15) is 23.3 Å². The number of nitrogens with two attached hydrogens (primary N) is 1. The molecule has 21 heavy (non-hydrogen) atoms. The predicted octanol–water partition coefficient (Wildman–Crippen LogP) is 3.24. The summed E-state index contributed by atoms with van der Waals surface area (Å²) in [5.41, 5.74) is 4.67. The van der Waals surface area contributed by atoms with E-state index in [4.69, 9.17) is 26.9 Å². The lowest BCUT2D eigenvalue weighted by molar-refractivity contribution is 0.0668. The van der Waals surface area contributed by atoms with Gasteiger partial charge in [0.2, 0.25) is 0 Å². The quantitative estimate of drug-likeness (QED) is 0.635. The van der Waals surface area contributed by atoms with Gasteiger partial charge in [-0.3, -0.25) is 5.84 Å². The van der Waals surface area contributed by atoms with E-state index in [0.29, 0.717) is 10.8 Å². The molecule has 0 aromatic heterocycles. The molecule has 4 nitrogen and oxygen atoms in total. The lowest BCUT2D eigenvalue weighted by atomic mass is 9.95. The number of hydrazine groups is 1. The molecule has 2 rings (SSSR count). The second kappa shape index (κ2) is 7.43. The van der Waals surface area contributed by atoms with E-state index in [1.54, 1.807) is 20.3 Å². The molecule has 2 aromatic carbocycles. The van der Waals surface area contributed by atoms with Crippen molar-refractivity contribution in [2.45, 2.75) is 12.1 Å². The fourth-order valence-corrected chi connectivity index (χ4v) is 2.58. The monoisotopic (exact) mass is 306 g/mol. The van der Waals surface area contributed by atoms with Crippen LogP contribution in [-0.4, -0.2) is 14.2 Å². The largest absolute Gasteiger partial charge is 0.496 e. The lowest BCUT2D eigenvalue weighted by Gasteiger charge is -2.27. The number of hydrogen-bond donors (Lipinski definition) is 2. The van der Waals surface area contributed by atoms with Crippen molar-refractivity contribution in [2.24, 2.45) is 5.84 Å². The second-order valence-corrected chi connectivity index (χ2v) is 5.03. The summed E-state index contributed by atoms with van der Waals surface area (Å²) in [5, 5.41) is 0.619. The summed E-state index contributed by atoms with van der Waals surface area (Å²) in [6.45, 7) is 0. The molecule has 0 bridgehead atoms. The summed E-state index contributed by atoms with van der Waals surface area (Å²) < 4.78 is 11.0. The van der Waals surface area contributed by atoms with Gasteiger partial charge in [-0.05, 0) is 23.8 Å². The van der Waals surface area contributed by atoms with Gasteiger partial charge in [-0.15, -0.1) is 0 Å². The fraction of sp³-hybridized carbons (Fsp3) is 0.250. The van der Waals surface area contributed by atoms with Crippen molar-refractivity contribution >= 4 is 11.6 Å². The first-order valence-corrected chi connectivity index (χ1v) is 6.96. The number of benzene rings is 2. The van der Waals surface area contributed by atoms with Gasteiger partial charge in [-0.25, -0.2) is 5.43 Å². The van der Waals surface area contributed by atoms with Crippen LogP contribution >= 0.6 is 11.6 Å². The number of methoxy groups -OCH3 is 2. The average Bonchev–Trinajstić information content (AvgIpc) is 2.53. The third-order valence-corrected chi connectivity index (χ3v) is 3.63. The first-order valence-electron chi connectivity index (χ1n) is 6.58. The molecule has 0 saturated carbocycles. The number of nitrogens with one attached hydrogen (secondary N) is 1. The maximum absolute atomic E-state index is 6.10. The Hall–Kier alpha value is -1.59. The number of hydrogen-bond acceptors (Lipinski definition) is 4. The molecule has 2 unspecified atom stereocenters. The van der Waals surface area contributed by atoms with Gasteiger partial charge in [0, 0.05) is 17.7 Å². The van der Waals surface area contributed by atoms with Crippen molar-refractivity contribution in [2.75, 3.05) is 14.2 Å². The summed E-state index contributed by atoms with van der Waals surface area (Å²) in [5.74, 6) is 6.47. The van der Waals surface area contributed by atoms with E-state index < -0.39 is 0 Å². The smallest absolute Gasteiger partial charge is 0.123 e. The molecule has 0 amide bonds. The molecule has 3 N–H and O–H groups in total. The minimum absolute atomic E-state index is 0.261. The van der Waals surface area contributed by atoms with Crippen LogP contribution in [0.4, 0.5) is 0 Å². The van der Waals surface area contributed by atoms with Gasteiger partial charge in [-0.1, -0.05) is 41.9 Å². The van der Waals surface area contributed by atoms with Gasteiger partial charge in [-0.2, -0.15) is 0 Å². The molecule has 0 heterocycles. The van der Waals surface area contributed by atoms with E-state index in [9.17, 15) is 0 Å². The van der Waals surface area contributed by atoms with E-state index in [0.717, 1.165) is 11.1 Å². The summed E-state index contributed by atoms with van der Waals surface area (Å²) in [6, 6.07) is 15.0. The van der Waals surface area contributed by atoms with Crippen molar-refractivity contribution < 1.29 is 9.47 Å². The molecule has 2 aromatic rings. The van der Waals surface area contributed by atoms with E-state index in [-0.39, 0.29) is 12.1 Å². The fourth-order valence-electron chi connectivity index (χ4n) is 2.40. The highest BCUT2D eigenvalue weighted by molar-refractivity contribution is 6.30. The topological polar surface area (TPSA) is 56.5 Å². The molecule has 5 heteroatoms. The van der Waals surface area contributed by atoms with Crippen molar-refractivity contribution in [1.82, 2.24) is 5.43 Å². The van der Waals surface area contributed by atoms with Crippen LogP contribution in [0.3, 0.4) is 0 Å². The van der Waals surface area contributed by atoms with Crippen molar-refractivity contribution in [3.05, 3.63) is 64.7 Å². The normalized spacial score (nSPS) is 13.7. The zero-order chi connectivity index (χ0) is 15.2. The summed E-state index contributed by atoms with van der Waals surface area (Å²) >= 11 is 6.10.